The van der Waals surface area contributed by atoms with E-state index in [0.29, 0.717) is 24.8 Å². The largest absolute Gasteiger partial charge is 0.334 e. The summed E-state index contributed by atoms with van der Waals surface area (Å²) in [5, 5.41) is 2.69. The topological polar surface area (TPSA) is 63.1 Å². The second kappa shape index (κ2) is 5.98. The maximum Gasteiger partial charge on any atom is 0.323 e. The number of nitrogens with one attached hydrogen (secondary N) is 1. The Morgan fingerprint density at radius 1 is 1.39 bits per heavy atom. The standard InChI is InChI=1S/C16H20FN5O/c1-10(2)15-19-12-9-22(7-6-13(12)21(15)3)16(23)20-14-5-4-11(17)8-18-14/h4-5,8,10H,6-7,9H2,1-3H3,(H,18,20,23). The minimum atomic E-state index is -0.430. The molecule has 0 saturated heterocycles. The highest BCUT2D eigenvalue weighted by Crippen LogP contribution is 2.23. The van der Waals surface area contributed by atoms with Gasteiger partial charge in [-0.2, -0.15) is 0 Å². The Balaban J connectivity index is 1.72. The summed E-state index contributed by atoms with van der Waals surface area (Å²) in [6, 6.07) is 2.47. The molecular weight excluding hydrogens is 297 g/mol. The molecule has 0 bridgehead atoms. The van der Waals surface area contributed by atoms with Crippen molar-refractivity contribution in [3.63, 3.8) is 0 Å². The molecule has 0 saturated carbocycles. The van der Waals surface area contributed by atoms with Gasteiger partial charge < -0.3 is 9.47 Å². The molecule has 0 unspecified atom stereocenters. The van der Waals surface area contributed by atoms with E-state index in [-0.39, 0.29) is 6.03 Å². The number of pyridine rings is 1. The average Bonchev–Trinajstić information content (AvgIpc) is 2.86. The van der Waals surface area contributed by atoms with Crippen LogP contribution in [-0.4, -0.2) is 32.0 Å². The summed E-state index contributed by atoms with van der Waals surface area (Å²) in [5.74, 6) is 1.29. The predicted molar refractivity (Wildman–Crippen MR) is 84.6 cm³/mol. The number of rotatable bonds is 2. The van der Waals surface area contributed by atoms with Crippen molar-refractivity contribution >= 4 is 11.8 Å². The quantitative estimate of drug-likeness (QED) is 0.926. The molecule has 3 rings (SSSR count). The Labute approximate surface area is 134 Å². The third-order valence-corrected chi connectivity index (χ3v) is 4.06. The normalized spacial score (nSPS) is 14.0. The number of hydrogen-bond donors (Lipinski definition) is 1. The van der Waals surface area contributed by atoms with Crippen molar-refractivity contribution in [3.8, 4) is 0 Å². The molecule has 3 heterocycles. The zero-order valence-electron chi connectivity index (χ0n) is 13.5. The fourth-order valence-electron chi connectivity index (χ4n) is 2.88. The van der Waals surface area contributed by atoms with Crippen LogP contribution in [0.2, 0.25) is 0 Å². The van der Waals surface area contributed by atoms with Crippen LogP contribution in [0.5, 0.6) is 0 Å². The van der Waals surface area contributed by atoms with E-state index in [0.717, 1.165) is 24.1 Å². The van der Waals surface area contributed by atoms with Gasteiger partial charge in [-0.3, -0.25) is 5.32 Å². The third kappa shape index (κ3) is 3.04. The number of carbonyl (C=O) groups is 1. The van der Waals surface area contributed by atoms with Crippen LogP contribution in [0, 0.1) is 5.82 Å². The van der Waals surface area contributed by atoms with E-state index in [1.165, 1.54) is 17.8 Å². The van der Waals surface area contributed by atoms with E-state index in [2.05, 4.69) is 33.7 Å². The highest BCUT2D eigenvalue weighted by molar-refractivity contribution is 5.88. The Hall–Kier alpha value is -2.44. The molecule has 122 valence electrons. The van der Waals surface area contributed by atoms with E-state index in [1.807, 2.05) is 7.05 Å². The minimum absolute atomic E-state index is 0.244. The minimum Gasteiger partial charge on any atom is -0.334 e. The van der Waals surface area contributed by atoms with Gasteiger partial charge in [-0.25, -0.2) is 19.2 Å². The fraction of sp³-hybridized carbons (Fsp3) is 0.438. The number of carbonyl (C=O) groups excluding carboxylic acids is 1. The molecule has 0 spiro atoms. The number of urea groups is 1. The lowest BCUT2D eigenvalue weighted by Gasteiger charge is -2.26. The van der Waals surface area contributed by atoms with Gasteiger partial charge in [0.15, 0.2) is 0 Å². The molecule has 0 atom stereocenters. The lowest BCUT2D eigenvalue weighted by atomic mass is 10.1. The van der Waals surface area contributed by atoms with E-state index in [4.69, 9.17) is 0 Å². The van der Waals surface area contributed by atoms with Gasteiger partial charge in [0.1, 0.15) is 17.5 Å². The van der Waals surface area contributed by atoms with Crippen molar-refractivity contribution in [2.75, 3.05) is 11.9 Å². The number of aromatic nitrogens is 3. The second-order valence-electron chi connectivity index (χ2n) is 6.04. The molecule has 7 heteroatoms. The molecule has 0 aliphatic carbocycles. The number of nitrogens with zero attached hydrogens (tertiary/aromatic N) is 4. The van der Waals surface area contributed by atoms with Crippen LogP contribution in [0.25, 0.3) is 0 Å². The first kappa shape index (κ1) is 15.5. The SMILES string of the molecule is CC(C)c1nc2c(n1C)CCN(C(=O)Nc1ccc(F)cn1)C2. The number of anilines is 1. The monoisotopic (exact) mass is 317 g/mol. The number of hydrogen-bond acceptors (Lipinski definition) is 3. The van der Waals surface area contributed by atoms with Gasteiger partial charge in [-0.1, -0.05) is 13.8 Å². The van der Waals surface area contributed by atoms with Crippen molar-refractivity contribution in [3.05, 3.63) is 41.4 Å². The predicted octanol–water partition coefficient (Wildman–Crippen LogP) is 2.67. The molecule has 0 fully saturated rings. The number of amides is 2. The second-order valence-corrected chi connectivity index (χ2v) is 6.04. The summed E-state index contributed by atoms with van der Waals surface area (Å²) in [6.45, 7) is 5.32. The molecule has 2 aromatic heterocycles. The zero-order valence-corrected chi connectivity index (χ0v) is 13.5. The van der Waals surface area contributed by atoms with Crippen LogP contribution in [-0.2, 0) is 20.0 Å². The Morgan fingerprint density at radius 2 is 2.17 bits per heavy atom. The average molecular weight is 317 g/mol. The number of halogens is 1. The lowest BCUT2D eigenvalue weighted by Crippen LogP contribution is -2.39. The van der Waals surface area contributed by atoms with Crippen LogP contribution < -0.4 is 5.32 Å². The summed E-state index contributed by atoms with van der Waals surface area (Å²) in [5.41, 5.74) is 2.14. The molecule has 6 nitrogen and oxygen atoms in total. The van der Waals surface area contributed by atoms with Crippen molar-refractivity contribution in [1.29, 1.82) is 0 Å². The lowest BCUT2D eigenvalue weighted by molar-refractivity contribution is 0.205. The van der Waals surface area contributed by atoms with Crippen LogP contribution in [0.1, 0.15) is 37.0 Å². The highest BCUT2D eigenvalue weighted by Gasteiger charge is 2.26. The maximum atomic E-state index is 12.9. The van der Waals surface area contributed by atoms with Gasteiger partial charge in [0.25, 0.3) is 0 Å². The van der Waals surface area contributed by atoms with Crippen LogP contribution >= 0.6 is 0 Å². The van der Waals surface area contributed by atoms with Crippen LogP contribution in [0.4, 0.5) is 15.0 Å². The first-order chi connectivity index (χ1) is 11.0. The molecule has 1 N–H and O–H groups in total. The molecule has 0 aromatic carbocycles. The number of imidazole rings is 1. The highest BCUT2D eigenvalue weighted by atomic mass is 19.1. The summed E-state index contributed by atoms with van der Waals surface area (Å²) in [7, 11) is 2.03. The maximum absolute atomic E-state index is 12.9. The third-order valence-electron chi connectivity index (χ3n) is 4.06. The van der Waals surface area contributed by atoms with Gasteiger partial charge in [-0.05, 0) is 12.1 Å². The van der Waals surface area contributed by atoms with Crippen molar-refractivity contribution in [2.45, 2.75) is 32.7 Å². The van der Waals surface area contributed by atoms with Crippen LogP contribution in [0.3, 0.4) is 0 Å². The molecule has 1 aliphatic rings. The molecule has 2 amide bonds. The molecule has 1 aliphatic heterocycles. The first-order valence-corrected chi connectivity index (χ1v) is 7.67. The van der Waals surface area contributed by atoms with E-state index in [1.54, 1.807) is 4.90 Å². The van der Waals surface area contributed by atoms with Gasteiger partial charge in [0, 0.05) is 31.6 Å². The van der Waals surface area contributed by atoms with Crippen molar-refractivity contribution < 1.29 is 9.18 Å². The Morgan fingerprint density at radius 3 is 2.83 bits per heavy atom. The Bertz CT molecular complexity index is 723. The van der Waals surface area contributed by atoms with Crippen molar-refractivity contribution in [2.24, 2.45) is 7.05 Å². The fourth-order valence-corrected chi connectivity index (χ4v) is 2.88. The molecule has 0 radical (unpaired) electrons. The summed E-state index contributed by atoms with van der Waals surface area (Å²) in [4.78, 5) is 22.6. The van der Waals surface area contributed by atoms with E-state index in [9.17, 15) is 9.18 Å². The van der Waals surface area contributed by atoms with Gasteiger partial charge >= 0.3 is 6.03 Å². The smallest absolute Gasteiger partial charge is 0.323 e. The van der Waals surface area contributed by atoms with Gasteiger partial charge in [-0.15, -0.1) is 0 Å². The molecule has 23 heavy (non-hydrogen) atoms. The summed E-state index contributed by atoms with van der Waals surface area (Å²) >= 11 is 0. The molecule has 2 aromatic rings. The van der Waals surface area contributed by atoms with Gasteiger partial charge in [0.05, 0.1) is 18.4 Å². The van der Waals surface area contributed by atoms with E-state index >= 15 is 0 Å². The van der Waals surface area contributed by atoms with Crippen LogP contribution in [0.15, 0.2) is 18.3 Å². The first-order valence-electron chi connectivity index (χ1n) is 7.67. The number of fused-ring (bicyclic) bond motifs is 1. The summed E-state index contributed by atoms with van der Waals surface area (Å²) < 4.78 is 15.0. The zero-order chi connectivity index (χ0) is 16.6. The van der Waals surface area contributed by atoms with E-state index < -0.39 is 5.82 Å². The Kier molecular flexibility index (Phi) is 4.02. The van der Waals surface area contributed by atoms with Gasteiger partial charge in [0.2, 0.25) is 0 Å². The molecular formula is C16H20FN5O. The van der Waals surface area contributed by atoms with Crippen molar-refractivity contribution in [1.82, 2.24) is 19.4 Å². The summed E-state index contributed by atoms with van der Waals surface area (Å²) in [6.07, 6.45) is 1.85.